The molecule has 3 saturated heterocycles. The van der Waals surface area contributed by atoms with Gasteiger partial charge in [-0.15, -0.1) is 24.8 Å². The zero-order chi connectivity index (χ0) is 18.1. The number of piperidine rings is 3. The summed E-state index contributed by atoms with van der Waals surface area (Å²) < 4.78 is 5.19. The maximum absolute atomic E-state index is 12.4. The lowest BCUT2D eigenvalue weighted by molar-refractivity contribution is -0.122. The predicted molar refractivity (Wildman–Crippen MR) is 114 cm³/mol. The Bertz CT molecular complexity index is 635. The SMILES string of the molecule is Cc1noc(C)c1CCC(=O)NC[C@H]1[C@@H]2CNC[C@@H](C2)[C@@H]2CCCCN21.Cl.Cl. The number of carbonyl (C=O) groups is 1. The number of aromatic nitrogens is 1. The molecule has 1 aromatic heterocycles. The Kier molecular flexibility index (Phi) is 8.61. The van der Waals surface area contributed by atoms with Crippen molar-refractivity contribution in [3.8, 4) is 0 Å². The molecule has 28 heavy (non-hydrogen) atoms. The van der Waals surface area contributed by atoms with E-state index in [2.05, 4.69) is 20.7 Å². The van der Waals surface area contributed by atoms with Crippen LogP contribution in [0.25, 0.3) is 0 Å². The molecule has 8 heteroatoms. The average molecular weight is 433 g/mol. The number of amides is 1. The largest absolute Gasteiger partial charge is 0.361 e. The van der Waals surface area contributed by atoms with Gasteiger partial charge in [0.05, 0.1) is 5.69 Å². The van der Waals surface area contributed by atoms with E-state index in [0.29, 0.717) is 24.8 Å². The van der Waals surface area contributed by atoms with Crippen LogP contribution in [0, 0.1) is 25.7 Å². The quantitative estimate of drug-likeness (QED) is 0.747. The normalized spacial score (nSPS) is 29.2. The molecule has 1 aromatic rings. The molecule has 0 aromatic carbocycles. The molecule has 0 radical (unpaired) electrons. The van der Waals surface area contributed by atoms with Gasteiger partial charge in [-0.3, -0.25) is 9.69 Å². The Morgan fingerprint density at radius 2 is 2.04 bits per heavy atom. The highest BCUT2D eigenvalue weighted by molar-refractivity contribution is 5.85. The Balaban J connectivity index is 0.00000140. The van der Waals surface area contributed by atoms with Crippen molar-refractivity contribution in [2.24, 2.45) is 11.8 Å². The van der Waals surface area contributed by atoms with Crippen molar-refractivity contribution in [3.05, 3.63) is 17.0 Å². The molecule has 4 rings (SSSR count). The van der Waals surface area contributed by atoms with Gasteiger partial charge < -0.3 is 15.2 Å². The maximum atomic E-state index is 12.4. The summed E-state index contributed by atoms with van der Waals surface area (Å²) in [6.07, 6.45) is 6.53. The van der Waals surface area contributed by atoms with Crippen LogP contribution in [0.4, 0.5) is 0 Å². The summed E-state index contributed by atoms with van der Waals surface area (Å²) in [5.74, 6) is 2.45. The van der Waals surface area contributed by atoms with Gasteiger partial charge in [-0.1, -0.05) is 11.6 Å². The molecule has 0 saturated carbocycles. The summed E-state index contributed by atoms with van der Waals surface area (Å²) in [7, 11) is 0. The maximum Gasteiger partial charge on any atom is 0.220 e. The summed E-state index contributed by atoms with van der Waals surface area (Å²) >= 11 is 0. The molecule has 160 valence electrons. The number of halogens is 2. The van der Waals surface area contributed by atoms with E-state index in [4.69, 9.17) is 4.52 Å². The van der Waals surface area contributed by atoms with Crippen LogP contribution in [-0.2, 0) is 11.2 Å². The number of nitrogens with one attached hydrogen (secondary N) is 2. The minimum atomic E-state index is 0. The van der Waals surface area contributed by atoms with E-state index >= 15 is 0 Å². The monoisotopic (exact) mass is 432 g/mol. The summed E-state index contributed by atoms with van der Waals surface area (Å²) in [5, 5.41) is 10.8. The Labute approximate surface area is 180 Å². The molecule has 3 aliphatic rings. The first-order chi connectivity index (χ1) is 12.6. The number of carbonyl (C=O) groups excluding carboxylic acids is 1. The lowest BCUT2D eigenvalue weighted by atomic mass is 9.73. The van der Waals surface area contributed by atoms with Gasteiger partial charge >= 0.3 is 0 Å². The molecular formula is C20H34Cl2N4O2. The highest BCUT2D eigenvalue weighted by Crippen LogP contribution is 2.38. The third-order valence-corrected chi connectivity index (χ3v) is 6.82. The van der Waals surface area contributed by atoms with Crippen molar-refractivity contribution in [1.29, 1.82) is 0 Å². The first kappa shape index (κ1) is 23.5. The summed E-state index contributed by atoms with van der Waals surface area (Å²) in [5.41, 5.74) is 1.98. The fourth-order valence-corrected chi connectivity index (χ4v) is 5.45. The summed E-state index contributed by atoms with van der Waals surface area (Å²) in [4.78, 5) is 15.2. The molecule has 2 bridgehead atoms. The van der Waals surface area contributed by atoms with Crippen molar-refractivity contribution in [1.82, 2.24) is 20.7 Å². The molecular weight excluding hydrogens is 399 g/mol. The molecule has 3 aliphatic heterocycles. The van der Waals surface area contributed by atoms with Crippen LogP contribution in [0.15, 0.2) is 4.52 Å². The zero-order valence-electron chi connectivity index (χ0n) is 16.9. The van der Waals surface area contributed by atoms with Gasteiger partial charge in [0.2, 0.25) is 5.91 Å². The van der Waals surface area contributed by atoms with E-state index in [9.17, 15) is 4.79 Å². The number of aryl methyl sites for hydroxylation is 2. The van der Waals surface area contributed by atoms with Gasteiger partial charge in [0.1, 0.15) is 5.76 Å². The van der Waals surface area contributed by atoms with E-state index in [-0.39, 0.29) is 30.7 Å². The zero-order valence-corrected chi connectivity index (χ0v) is 18.5. The second-order valence-corrected chi connectivity index (χ2v) is 8.39. The molecule has 0 spiro atoms. The van der Waals surface area contributed by atoms with Crippen molar-refractivity contribution in [3.63, 3.8) is 0 Å². The van der Waals surface area contributed by atoms with Gasteiger partial charge in [0.25, 0.3) is 0 Å². The first-order valence-electron chi connectivity index (χ1n) is 10.3. The van der Waals surface area contributed by atoms with E-state index in [1.54, 1.807) is 0 Å². The van der Waals surface area contributed by atoms with E-state index < -0.39 is 0 Å². The minimum absolute atomic E-state index is 0. The second kappa shape index (κ2) is 10.3. The number of fused-ring (bicyclic) bond motifs is 4. The molecule has 0 unspecified atom stereocenters. The van der Waals surface area contributed by atoms with Crippen LogP contribution >= 0.6 is 24.8 Å². The van der Waals surface area contributed by atoms with Crippen LogP contribution in [0.3, 0.4) is 0 Å². The standard InChI is InChI=1S/C20H32N4O2.2ClH/c1-13-17(14(2)26-23-13)6-7-20(25)22-12-19-16-9-15(10-21-11-16)18-5-3-4-8-24(18)19;;/h15-16,18-19,21H,3-12H2,1-2H3,(H,22,25);2*1H/t15-,16+,18+,19+;;/m1../s1. The van der Waals surface area contributed by atoms with Gasteiger partial charge in [0, 0.05) is 30.6 Å². The number of nitrogens with zero attached hydrogens (tertiary/aromatic N) is 2. The molecule has 4 atom stereocenters. The highest BCUT2D eigenvalue weighted by atomic mass is 35.5. The van der Waals surface area contributed by atoms with Crippen LogP contribution in [0.1, 0.15) is 49.1 Å². The van der Waals surface area contributed by atoms with Gasteiger partial charge in [-0.05, 0) is 71.0 Å². The summed E-state index contributed by atoms with van der Waals surface area (Å²) in [6, 6.07) is 1.21. The number of rotatable bonds is 5. The predicted octanol–water partition coefficient (Wildman–Crippen LogP) is 2.65. The molecule has 0 aliphatic carbocycles. The minimum Gasteiger partial charge on any atom is -0.361 e. The van der Waals surface area contributed by atoms with Crippen molar-refractivity contribution < 1.29 is 9.32 Å². The van der Waals surface area contributed by atoms with E-state index in [0.717, 1.165) is 42.1 Å². The molecule has 6 nitrogen and oxygen atoms in total. The molecule has 3 fully saturated rings. The van der Waals surface area contributed by atoms with Gasteiger partial charge in [-0.25, -0.2) is 0 Å². The average Bonchev–Trinajstić information content (AvgIpc) is 2.98. The molecule has 2 N–H and O–H groups in total. The molecule has 1 amide bonds. The van der Waals surface area contributed by atoms with Crippen LogP contribution in [-0.4, -0.2) is 54.2 Å². The fraction of sp³-hybridized carbons (Fsp3) is 0.800. The third-order valence-electron chi connectivity index (χ3n) is 6.82. The Hall–Kier alpha value is -0.820. The van der Waals surface area contributed by atoms with E-state index in [1.807, 2.05) is 13.8 Å². The van der Waals surface area contributed by atoms with Crippen molar-refractivity contribution in [2.45, 2.75) is 64.5 Å². The lowest BCUT2D eigenvalue weighted by Gasteiger charge is -2.55. The molecule has 4 heterocycles. The first-order valence-corrected chi connectivity index (χ1v) is 10.3. The summed E-state index contributed by atoms with van der Waals surface area (Å²) in [6.45, 7) is 8.12. The Morgan fingerprint density at radius 1 is 1.25 bits per heavy atom. The Morgan fingerprint density at radius 3 is 2.79 bits per heavy atom. The van der Waals surface area contributed by atoms with Crippen LogP contribution in [0.5, 0.6) is 0 Å². The van der Waals surface area contributed by atoms with Crippen molar-refractivity contribution in [2.75, 3.05) is 26.2 Å². The second-order valence-electron chi connectivity index (χ2n) is 8.39. The van der Waals surface area contributed by atoms with Crippen LogP contribution in [0.2, 0.25) is 0 Å². The smallest absolute Gasteiger partial charge is 0.220 e. The van der Waals surface area contributed by atoms with Gasteiger partial charge in [0.15, 0.2) is 0 Å². The van der Waals surface area contributed by atoms with E-state index in [1.165, 1.54) is 38.8 Å². The number of hydrogen-bond acceptors (Lipinski definition) is 5. The number of hydrogen-bond donors (Lipinski definition) is 2. The topological polar surface area (TPSA) is 70.4 Å². The lowest BCUT2D eigenvalue weighted by Crippen LogP contribution is -2.65. The van der Waals surface area contributed by atoms with Crippen LogP contribution < -0.4 is 10.6 Å². The third kappa shape index (κ3) is 4.84. The highest BCUT2D eigenvalue weighted by Gasteiger charge is 2.45. The van der Waals surface area contributed by atoms with Crippen molar-refractivity contribution >= 4 is 30.7 Å². The van der Waals surface area contributed by atoms with Gasteiger partial charge in [-0.2, -0.15) is 0 Å². The fourth-order valence-electron chi connectivity index (χ4n) is 5.45.